The van der Waals surface area contributed by atoms with Crippen LogP contribution < -0.4 is 4.90 Å². The molecular formula is C23H25N3O5. The number of benzene rings is 1. The highest BCUT2D eigenvalue weighted by Crippen LogP contribution is 2.27. The van der Waals surface area contributed by atoms with Crippen LogP contribution in [0.5, 0.6) is 0 Å². The average Bonchev–Trinajstić information content (AvgIpc) is 3.06. The zero-order valence-corrected chi connectivity index (χ0v) is 17.6. The van der Waals surface area contributed by atoms with Crippen LogP contribution in [0.4, 0.5) is 5.69 Å². The van der Waals surface area contributed by atoms with Crippen molar-refractivity contribution in [3.8, 4) is 0 Å². The molecule has 1 atom stereocenters. The lowest BCUT2D eigenvalue weighted by molar-refractivity contribution is -0.139. The Morgan fingerprint density at radius 1 is 1.16 bits per heavy atom. The van der Waals surface area contributed by atoms with E-state index in [9.17, 15) is 19.2 Å². The summed E-state index contributed by atoms with van der Waals surface area (Å²) in [4.78, 5) is 57.1. The van der Waals surface area contributed by atoms with E-state index in [1.807, 2.05) is 13.0 Å². The first-order valence-electron chi connectivity index (χ1n) is 10.3. The van der Waals surface area contributed by atoms with Gasteiger partial charge >= 0.3 is 5.97 Å². The summed E-state index contributed by atoms with van der Waals surface area (Å²) < 4.78 is 4.95. The maximum absolute atomic E-state index is 13.2. The number of rotatable bonds is 8. The predicted molar refractivity (Wildman–Crippen MR) is 113 cm³/mol. The van der Waals surface area contributed by atoms with E-state index in [1.165, 1.54) is 29.2 Å². The van der Waals surface area contributed by atoms with E-state index in [0.29, 0.717) is 17.7 Å². The van der Waals surface area contributed by atoms with Crippen molar-refractivity contribution < 1.29 is 23.9 Å². The molecule has 0 spiro atoms. The van der Waals surface area contributed by atoms with Crippen molar-refractivity contribution >= 4 is 29.4 Å². The molecule has 31 heavy (non-hydrogen) atoms. The van der Waals surface area contributed by atoms with Crippen molar-refractivity contribution in [1.82, 2.24) is 9.88 Å². The molecule has 2 aromatic rings. The van der Waals surface area contributed by atoms with E-state index in [2.05, 4.69) is 4.98 Å². The molecule has 8 nitrogen and oxygen atoms in total. The summed E-state index contributed by atoms with van der Waals surface area (Å²) in [6, 6.07) is 8.79. The molecule has 3 amide bonds. The van der Waals surface area contributed by atoms with Crippen molar-refractivity contribution in [2.24, 2.45) is 0 Å². The van der Waals surface area contributed by atoms with E-state index in [-0.39, 0.29) is 37.8 Å². The normalized spacial score (nSPS) is 15.8. The molecule has 2 heterocycles. The number of ether oxygens (including phenoxy) is 1. The van der Waals surface area contributed by atoms with Crippen LogP contribution in [0, 0.1) is 0 Å². The highest BCUT2D eigenvalue weighted by molar-refractivity contribution is 6.23. The van der Waals surface area contributed by atoms with Crippen LogP contribution in [-0.4, -0.2) is 46.2 Å². The number of carbonyl (C=O) groups is 4. The first kappa shape index (κ1) is 22.1. The Kier molecular flexibility index (Phi) is 7.12. The van der Waals surface area contributed by atoms with Crippen LogP contribution in [0.25, 0.3) is 0 Å². The largest absolute Gasteiger partial charge is 0.462 e. The smallest absolute Gasteiger partial charge is 0.338 e. The summed E-state index contributed by atoms with van der Waals surface area (Å²) in [5.41, 5.74) is 1.47. The Morgan fingerprint density at radius 3 is 2.52 bits per heavy atom. The lowest BCUT2D eigenvalue weighted by Gasteiger charge is -2.27. The number of imide groups is 1. The number of anilines is 1. The monoisotopic (exact) mass is 423 g/mol. The van der Waals surface area contributed by atoms with Crippen LogP contribution in [-0.2, 0) is 25.7 Å². The van der Waals surface area contributed by atoms with E-state index in [0.717, 1.165) is 10.5 Å². The number of nitrogens with zero attached hydrogens (tertiary/aromatic N) is 3. The Morgan fingerprint density at radius 2 is 1.90 bits per heavy atom. The summed E-state index contributed by atoms with van der Waals surface area (Å²) in [6.45, 7) is 4.06. The van der Waals surface area contributed by atoms with Crippen LogP contribution >= 0.6 is 0 Å². The molecule has 8 heteroatoms. The van der Waals surface area contributed by atoms with Gasteiger partial charge in [0, 0.05) is 25.4 Å². The molecule has 1 fully saturated rings. The third-order valence-electron chi connectivity index (χ3n) is 5.00. The Labute approximate surface area is 180 Å². The fourth-order valence-corrected chi connectivity index (χ4v) is 3.51. The lowest BCUT2D eigenvalue weighted by atomic mass is 10.1. The van der Waals surface area contributed by atoms with Crippen molar-refractivity contribution in [3.63, 3.8) is 0 Å². The van der Waals surface area contributed by atoms with E-state index in [1.54, 1.807) is 25.4 Å². The van der Waals surface area contributed by atoms with Crippen LogP contribution in [0.15, 0.2) is 48.8 Å². The lowest BCUT2D eigenvalue weighted by Crippen LogP contribution is -2.45. The SMILES string of the molecule is CCCC(=O)N(Cc1cccnc1)C1CC(=O)N(c2ccc(C(=O)OCC)cc2)C1=O. The molecule has 0 bridgehead atoms. The van der Waals surface area contributed by atoms with Gasteiger partial charge in [-0.3, -0.25) is 19.4 Å². The standard InChI is InChI=1S/C23H25N3O5/c1-3-6-20(27)25(15-16-7-5-12-24-14-16)19-13-21(28)26(22(19)29)18-10-8-17(9-11-18)23(30)31-4-2/h5,7-12,14,19H,3-4,6,13,15H2,1-2H3. The molecule has 1 aliphatic rings. The summed E-state index contributed by atoms with van der Waals surface area (Å²) in [5.74, 6) is -1.50. The van der Waals surface area contributed by atoms with Crippen molar-refractivity contribution in [2.45, 2.75) is 45.7 Å². The van der Waals surface area contributed by atoms with E-state index in [4.69, 9.17) is 4.74 Å². The molecular weight excluding hydrogens is 398 g/mol. The Balaban J connectivity index is 1.83. The second-order valence-electron chi connectivity index (χ2n) is 7.19. The zero-order chi connectivity index (χ0) is 22.4. The maximum atomic E-state index is 13.2. The number of carbonyl (C=O) groups excluding carboxylic acids is 4. The van der Waals surface area contributed by atoms with Gasteiger partial charge in [0.05, 0.1) is 24.3 Å². The van der Waals surface area contributed by atoms with Gasteiger partial charge in [0.15, 0.2) is 0 Å². The number of hydrogen-bond donors (Lipinski definition) is 0. The maximum Gasteiger partial charge on any atom is 0.338 e. The van der Waals surface area contributed by atoms with Gasteiger partial charge in [0.1, 0.15) is 6.04 Å². The predicted octanol–water partition coefficient (Wildman–Crippen LogP) is 2.72. The van der Waals surface area contributed by atoms with Crippen LogP contribution in [0.1, 0.15) is 49.0 Å². The highest BCUT2D eigenvalue weighted by atomic mass is 16.5. The van der Waals surface area contributed by atoms with Gasteiger partial charge in [0.2, 0.25) is 11.8 Å². The number of amides is 3. The molecule has 1 aromatic heterocycles. The zero-order valence-electron chi connectivity index (χ0n) is 17.6. The second-order valence-corrected chi connectivity index (χ2v) is 7.19. The number of esters is 1. The molecule has 1 aliphatic heterocycles. The van der Waals surface area contributed by atoms with Crippen LogP contribution in [0.3, 0.4) is 0 Å². The second kappa shape index (κ2) is 9.97. The molecule has 1 saturated heterocycles. The Bertz CT molecular complexity index is 959. The van der Waals surface area contributed by atoms with Gasteiger partial charge < -0.3 is 9.64 Å². The number of aromatic nitrogens is 1. The fourth-order valence-electron chi connectivity index (χ4n) is 3.51. The minimum atomic E-state index is -0.878. The quantitative estimate of drug-likeness (QED) is 0.478. The molecule has 3 rings (SSSR count). The summed E-state index contributed by atoms with van der Waals surface area (Å²) in [7, 11) is 0. The van der Waals surface area contributed by atoms with Crippen molar-refractivity contribution in [1.29, 1.82) is 0 Å². The van der Waals surface area contributed by atoms with Crippen LogP contribution in [0.2, 0.25) is 0 Å². The summed E-state index contributed by atoms with van der Waals surface area (Å²) >= 11 is 0. The molecule has 162 valence electrons. The van der Waals surface area contributed by atoms with Gasteiger partial charge in [0.25, 0.3) is 5.91 Å². The van der Waals surface area contributed by atoms with E-state index < -0.39 is 17.9 Å². The first-order valence-corrected chi connectivity index (χ1v) is 10.3. The van der Waals surface area contributed by atoms with Crippen molar-refractivity contribution in [2.75, 3.05) is 11.5 Å². The van der Waals surface area contributed by atoms with Crippen molar-refractivity contribution in [3.05, 3.63) is 59.9 Å². The molecule has 0 radical (unpaired) electrons. The topological polar surface area (TPSA) is 96.9 Å². The average molecular weight is 423 g/mol. The minimum Gasteiger partial charge on any atom is -0.462 e. The fraction of sp³-hybridized carbons (Fsp3) is 0.348. The number of pyridine rings is 1. The molecule has 1 unspecified atom stereocenters. The van der Waals surface area contributed by atoms with Gasteiger partial charge in [-0.15, -0.1) is 0 Å². The van der Waals surface area contributed by atoms with Gasteiger partial charge in [-0.1, -0.05) is 13.0 Å². The third-order valence-corrected chi connectivity index (χ3v) is 5.00. The molecule has 0 saturated carbocycles. The van der Waals surface area contributed by atoms with Gasteiger partial charge in [-0.05, 0) is 49.2 Å². The van der Waals surface area contributed by atoms with Gasteiger partial charge in [-0.2, -0.15) is 0 Å². The molecule has 0 aliphatic carbocycles. The molecule has 0 N–H and O–H groups in total. The minimum absolute atomic E-state index is 0.0891. The highest BCUT2D eigenvalue weighted by Gasteiger charge is 2.44. The summed E-state index contributed by atoms with van der Waals surface area (Å²) in [6.07, 6.45) is 4.10. The summed E-state index contributed by atoms with van der Waals surface area (Å²) in [5, 5.41) is 0. The van der Waals surface area contributed by atoms with E-state index >= 15 is 0 Å². The third kappa shape index (κ3) is 4.96. The van der Waals surface area contributed by atoms with Gasteiger partial charge in [-0.25, -0.2) is 9.69 Å². The molecule has 1 aromatic carbocycles. The Hall–Kier alpha value is -3.55. The first-order chi connectivity index (χ1) is 15.0. The number of hydrogen-bond acceptors (Lipinski definition) is 6.